The van der Waals surface area contributed by atoms with Crippen molar-refractivity contribution in [3.63, 3.8) is 0 Å². The molecule has 7 nitrogen and oxygen atoms in total. The molecule has 0 unspecified atom stereocenters. The van der Waals surface area contributed by atoms with Crippen LogP contribution in [0.2, 0.25) is 0 Å². The number of esters is 1. The van der Waals surface area contributed by atoms with Crippen LogP contribution in [0.3, 0.4) is 0 Å². The van der Waals surface area contributed by atoms with Crippen molar-refractivity contribution >= 4 is 17.8 Å². The molecule has 0 saturated heterocycles. The molecule has 0 radical (unpaired) electrons. The molecule has 4 rings (SSSR count). The number of carbonyl (C=O) groups excluding carboxylic acids is 2. The van der Waals surface area contributed by atoms with Gasteiger partial charge in [-0.05, 0) is 42.8 Å². The van der Waals surface area contributed by atoms with Crippen LogP contribution >= 0.6 is 0 Å². The van der Waals surface area contributed by atoms with Crippen LogP contribution in [0.4, 0.5) is 0 Å². The number of ketones is 1. The van der Waals surface area contributed by atoms with E-state index in [1.807, 2.05) is 6.07 Å². The molecule has 2 aliphatic rings. The number of methoxy groups -OCH3 is 1. The zero-order valence-corrected chi connectivity index (χ0v) is 14.7. The lowest BCUT2D eigenvalue weighted by atomic mass is 10.1. The molecule has 0 fully saturated rings. The van der Waals surface area contributed by atoms with E-state index in [0.29, 0.717) is 34.1 Å². The molecule has 0 aliphatic carbocycles. The van der Waals surface area contributed by atoms with Crippen LogP contribution in [0.1, 0.15) is 21.5 Å². The van der Waals surface area contributed by atoms with Gasteiger partial charge in [0.15, 0.2) is 23.9 Å². The molecular formula is C20H16O7. The second-order valence-electron chi connectivity index (χ2n) is 5.98. The third-order valence-electron chi connectivity index (χ3n) is 4.30. The summed E-state index contributed by atoms with van der Waals surface area (Å²) in [6.07, 6.45) is 1.65. The van der Waals surface area contributed by atoms with Gasteiger partial charge in [0.1, 0.15) is 11.5 Å². The maximum absolute atomic E-state index is 12.6. The Balaban J connectivity index is 1.60. The van der Waals surface area contributed by atoms with Gasteiger partial charge in [0, 0.05) is 5.56 Å². The SMILES string of the molecule is COC(=O)COc1ccc2c(c1C)OC(=Cc1ccc3c(c1)OCO3)C2=O. The van der Waals surface area contributed by atoms with Gasteiger partial charge < -0.3 is 23.7 Å². The third-order valence-corrected chi connectivity index (χ3v) is 4.30. The van der Waals surface area contributed by atoms with Gasteiger partial charge in [0.25, 0.3) is 0 Å². The lowest BCUT2D eigenvalue weighted by Gasteiger charge is -2.10. The standard InChI is InChI=1S/C20H16O7/c1-11-14(24-9-18(21)23-2)6-4-13-19(22)17(27-20(11)13)8-12-3-5-15-16(7-12)26-10-25-15/h3-8H,9-10H2,1-2H3. The zero-order valence-electron chi connectivity index (χ0n) is 14.7. The van der Waals surface area contributed by atoms with Gasteiger partial charge in [-0.25, -0.2) is 4.79 Å². The van der Waals surface area contributed by atoms with Gasteiger partial charge >= 0.3 is 5.97 Å². The second-order valence-corrected chi connectivity index (χ2v) is 5.98. The Labute approximate surface area is 155 Å². The molecule has 0 N–H and O–H groups in total. The second kappa shape index (κ2) is 6.68. The molecule has 0 atom stereocenters. The van der Waals surface area contributed by atoms with Gasteiger partial charge in [0.05, 0.1) is 12.7 Å². The Bertz CT molecular complexity index is 975. The van der Waals surface area contributed by atoms with Crippen LogP contribution in [-0.4, -0.2) is 32.3 Å². The van der Waals surface area contributed by atoms with Crippen molar-refractivity contribution < 1.29 is 33.3 Å². The number of rotatable bonds is 4. The average molecular weight is 368 g/mol. The fraction of sp³-hybridized carbons (Fsp3) is 0.200. The van der Waals surface area contributed by atoms with E-state index in [4.69, 9.17) is 18.9 Å². The highest BCUT2D eigenvalue weighted by atomic mass is 16.7. The van der Waals surface area contributed by atoms with E-state index in [9.17, 15) is 9.59 Å². The molecule has 2 aromatic carbocycles. The summed E-state index contributed by atoms with van der Waals surface area (Å²) >= 11 is 0. The van der Waals surface area contributed by atoms with Gasteiger partial charge in [-0.2, -0.15) is 0 Å². The summed E-state index contributed by atoms with van der Waals surface area (Å²) in [5.74, 6) is 1.67. The molecule has 2 heterocycles. The fourth-order valence-electron chi connectivity index (χ4n) is 2.87. The van der Waals surface area contributed by atoms with Crippen molar-refractivity contribution in [1.29, 1.82) is 0 Å². The monoisotopic (exact) mass is 368 g/mol. The molecular weight excluding hydrogens is 352 g/mol. The predicted molar refractivity (Wildman–Crippen MR) is 94.2 cm³/mol. The Kier molecular flexibility index (Phi) is 4.19. The molecule has 0 spiro atoms. The summed E-state index contributed by atoms with van der Waals surface area (Å²) in [7, 11) is 1.29. The van der Waals surface area contributed by atoms with Crippen LogP contribution in [0.5, 0.6) is 23.0 Å². The maximum Gasteiger partial charge on any atom is 0.343 e. The Morgan fingerprint density at radius 2 is 2.00 bits per heavy atom. The average Bonchev–Trinajstić information content (AvgIpc) is 3.26. The Hall–Kier alpha value is -3.48. The van der Waals surface area contributed by atoms with E-state index >= 15 is 0 Å². The molecule has 0 amide bonds. The maximum atomic E-state index is 12.6. The fourth-order valence-corrected chi connectivity index (χ4v) is 2.87. The molecule has 138 valence electrons. The van der Waals surface area contributed by atoms with Gasteiger partial charge in [-0.15, -0.1) is 0 Å². The minimum Gasteiger partial charge on any atom is -0.481 e. The van der Waals surface area contributed by atoms with E-state index in [-0.39, 0.29) is 24.9 Å². The number of carbonyl (C=O) groups is 2. The van der Waals surface area contributed by atoms with Crippen molar-refractivity contribution in [3.8, 4) is 23.0 Å². The minimum atomic E-state index is -0.490. The number of ether oxygens (including phenoxy) is 5. The van der Waals surface area contributed by atoms with Crippen molar-refractivity contribution in [2.24, 2.45) is 0 Å². The summed E-state index contributed by atoms with van der Waals surface area (Å²) in [4.78, 5) is 23.9. The van der Waals surface area contributed by atoms with Gasteiger partial charge in [-0.3, -0.25) is 4.79 Å². The summed E-state index contributed by atoms with van der Waals surface area (Å²) in [5.41, 5.74) is 1.85. The number of Topliss-reactive ketones (excluding diaryl/α,β-unsaturated/α-hetero) is 1. The number of hydrogen-bond donors (Lipinski definition) is 0. The summed E-state index contributed by atoms with van der Waals surface area (Å²) < 4.78 is 26.4. The zero-order chi connectivity index (χ0) is 19.0. The van der Waals surface area contributed by atoms with Gasteiger partial charge in [0.2, 0.25) is 12.6 Å². The molecule has 7 heteroatoms. The van der Waals surface area contributed by atoms with Crippen LogP contribution in [0.15, 0.2) is 36.1 Å². The lowest BCUT2D eigenvalue weighted by molar-refractivity contribution is -0.142. The smallest absolute Gasteiger partial charge is 0.343 e. The van der Waals surface area contributed by atoms with Crippen molar-refractivity contribution in [2.45, 2.75) is 6.92 Å². The van der Waals surface area contributed by atoms with E-state index in [1.165, 1.54) is 7.11 Å². The summed E-state index contributed by atoms with van der Waals surface area (Å²) in [6, 6.07) is 8.65. The first-order valence-electron chi connectivity index (χ1n) is 8.24. The Morgan fingerprint density at radius 3 is 2.81 bits per heavy atom. The quantitative estimate of drug-likeness (QED) is 0.606. The minimum absolute atomic E-state index is 0.184. The summed E-state index contributed by atoms with van der Waals surface area (Å²) in [5, 5.41) is 0. The Morgan fingerprint density at radius 1 is 1.19 bits per heavy atom. The van der Waals surface area contributed by atoms with Crippen LogP contribution in [0, 0.1) is 6.92 Å². The largest absolute Gasteiger partial charge is 0.481 e. The topological polar surface area (TPSA) is 80.3 Å². The van der Waals surface area contributed by atoms with Crippen LogP contribution in [0.25, 0.3) is 6.08 Å². The van der Waals surface area contributed by atoms with E-state index in [2.05, 4.69) is 4.74 Å². The van der Waals surface area contributed by atoms with Crippen molar-refractivity contribution in [2.75, 3.05) is 20.5 Å². The first kappa shape index (κ1) is 17.0. The molecule has 0 saturated carbocycles. The number of benzene rings is 2. The van der Waals surface area contributed by atoms with Gasteiger partial charge in [-0.1, -0.05) is 6.07 Å². The highest BCUT2D eigenvalue weighted by Crippen LogP contribution is 2.40. The number of fused-ring (bicyclic) bond motifs is 2. The summed E-state index contributed by atoms with van der Waals surface area (Å²) in [6.45, 7) is 1.73. The van der Waals surface area contributed by atoms with E-state index in [0.717, 1.165) is 5.56 Å². The van der Waals surface area contributed by atoms with E-state index < -0.39 is 5.97 Å². The number of hydrogen-bond acceptors (Lipinski definition) is 7. The highest BCUT2D eigenvalue weighted by molar-refractivity contribution is 6.15. The number of allylic oxidation sites excluding steroid dienone is 1. The van der Waals surface area contributed by atoms with Crippen LogP contribution in [-0.2, 0) is 9.53 Å². The predicted octanol–water partition coefficient (Wildman–Crippen LogP) is 2.89. The molecule has 2 aliphatic heterocycles. The van der Waals surface area contributed by atoms with E-state index in [1.54, 1.807) is 37.3 Å². The molecule has 0 aromatic heterocycles. The molecule has 2 aromatic rings. The van der Waals surface area contributed by atoms with Crippen LogP contribution < -0.4 is 18.9 Å². The van der Waals surface area contributed by atoms with Crippen molar-refractivity contribution in [1.82, 2.24) is 0 Å². The lowest BCUT2D eigenvalue weighted by Crippen LogP contribution is -2.13. The first-order chi connectivity index (χ1) is 13.1. The normalized spacial score (nSPS) is 15.5. The van der Waals surface area contributed by atoms with Crippen molar-refractivity contribution in [3.05, 3.63) is 52.8 Å². The third kappa shape index (κ3) is 3.08. The highest BCUT2D eigenvalue weighted by Gasteiger charge is 2.30. The molecule has 27 heavy (non-hydrogen) atoms. The molecule has 0 bridgehead atoms. The first-order valence-corrected chi connectivity index (χ1v) is 8.24.